The lowest BCUT2D eigenvalue weighted by Gasteiger charge is -2.32. The largest absolute Gasteiger partial charge is 0.338 e. The van der Waals surface area contributed by atoms with Crippen molar-refractivity contribution in [1.29, 1.82) is 0 Å². The van der Waals surface area contributed by atoms with Crippen LogP contribution in [0.3, 0.4) is 0 Å². The first kappa shape index (κ1) is 19.7. The highest BCUT2D eigenvalue weighted by atomic mass is 35.5. The number of carbonyl (C=O) groups is 1. The summed E-state index contributed by atoms with van der Waals surface area (Å²) in [5, 5.41) is 1.01. The van der Waals surface area contributed by atoms with E-state index in [9.17, 15) is 4.79 Å². The van der Waals surface area contributed by atoms with Crippen LogP contribution in [0.4, 0.5) is 0 Å². The topological polar surface area (TPSA) is 59.2 Å². The molecule has 2 N–H and O–H groups in total. The van der Waals surface area contributed by atoms with E-state index < -0.39 is 0 Å². The molecular weight excluding hydrogens is 333 g/mol. The third kappa shape index (κ3) is 4.56. The number of rotatable bonds is 3. The fourth-order valence-electron chi connectivity index (χ4n) is 3.11. The number of amides is 1. The number of nitrogens with zero attached hydrogens (tertiary/aromatic N) is 2. The summed E-state index contributed by atoms with van der Waals surface area (Å²) in [6.45, 7) is 2.39. The van der Waals surface area contributed by atoms with Gasteiger partial charge >= 0.3 is 0 Å². The molecule has 1 unspecified atom stereocenters. The molecule has 0 spiro atoms. The van der Waals surface area contributed by atoms with Crippen molar-refractivity contribution in [2.75, 3.05) is 19.6 Å². The molecule has 1 fully saturated rings. The van der Waals surface area contributed by atoms with Crippen LogP contribution < -0.4 is 5.73 Å². The van der Waals surface area contributed by atoms with Gasteiger partial charge in [0, 0.05) is 30.2 Å². The summed E-state index contributed by atoms with van der Waals surface area (Å²) in [6.07, 6.45) is 5.03. The van der Waals surface area contributed by atoms with Crippen LogP contribution in [0.2, 0.25) is 0 Å². The van der Waals surface area contributed by atoms with E-state index in [2.05, 4.69) is 4.98 Å². The molecule has 1 aromatic carbocycles. The summed E-state index contributed by atoms with van der Waals surface area (Å²) >= 11 is 0. The van der Waals surface area contributed by atoms with Crippen molar-refractivity contribution in [3.8, 4) is 0 Å². The molecule has 0 aliphatic carbocycles. The van der Waals surface area contributed by atoms with Crippen LogP contribution in [0, 0.1) is 5.92 Å². The first-order chi connectivity index (χ1) is 10.3. The average Bonchev–Trinajstić information content (AvgIpc) is 2.54. The lowest BCUT2D eigenvalue weighted by Crippen LogP contribution is -2.40. The molecule has 0 radical (unpaired) electrons. The maximum absolute atomic E-state index is 12.7. The SMILES string of the molecule is Cl.Cl.NCCC1CCCN(C(=O)c2ccc3ncccc3c2)C1. The smallest absolute Gasteiger partial charge is 0.253 e. The second-order valence-corrected chi connectivity index (χ2v) is 5.75. The fraction of sp³-hybridized carbons (Fsp3) is 0.412. The minimum absolute atomic E-state index is 0. The zero-order valence-corrected chi connectivity index (χ0v) is 14.6. The number of benzene rings is 1. The Bertz CT molecular complexity index is 649. The summed E-state index contributed by atoms with van der Waals surface area (Å²) in [4.78, 5) is 18.9. The van der Waals surface area contributed by atoms with E-state index in [0.29, 0.717) is 12.5 Å². The van der Waals surface area contributed by atoms with Crippen molar-refractivity contribution in [3.63, 3.8) is 0 Å². The molecule has 1 aromatic heterocycles. The third-order valence-corrected chi connectivity index (χ3v) is 4.23. The van der Waals surface area contributed by atoms with E-state index in [-0.39, 0.29) is 30.7 Å². The van der Waals surface area contributed by atoms with Crippen LogP contribution in [0.5, 0.6) is 0 Å². The molecule has 1 atom stereocenters. The van der Waals surface area contributed by atoms with Crippen molar-refractivity contribution in [1.82, 2.24) is 9.88 Å². The molecule has 126 valence electrons. The second kappa shape index (κ2) is 9.06. The summed E-state index contributed by atoms with van der Waals surface area (Å²) in [5.41, 5.74) is 7.32. The highest BCUT2D eigenvalue weighted by Gasteiger charge is 2.24. The number of aromatic nitrogens is 1. The van der Waals surface area contributed by atoms with Crippen molar-refractivity contribution in [3.05, 3.63) is 42.1 Å². The Kier molecular flexibility index (Phi) is 7.76. The predicted molar refractivity (Wildman–Crippen MR) is 98.5 cm³/mol. The van der Waals surface area contributed by atoms with E-state index in [1.165, 1.54) is 6.42 Å². The number of hydrogen-bond donors (Lipinski definition) is 1. The van der Waals surface area contributed by atoms with Gasteiger partial charge in [0.05, 0.1) is 5.52 Å². The van der Waals surface area contributed by atoms with Gasteiger partial charge < -0.3 is 10.6 Å². The molecule has 23 heavy (non-hydrogen) atoms. The van der Waals surface area contributed by atoms with Gasteiger partial charge in [0.15, 0.2) is 0 Å². The van der Waals surface area contributed by atoms with Gasteiger partial charge in [-0.05, 0) is 56.0 Å². The van der Waals surface area contributed by atoms with Crippen LogP contribution in [0.25, 0.3) is 10.9 Å². The first-order valence-corrected chi connectivity index (χ1v) is 7.62. The number of fused-ring (bicyclic) bond motifs is 1. The molecule has 0 bridgehead atoms. The van der Waals surface area contributed by atoms with Gasteiger partial charge in [-0.15, -0.1) is 24.8 Å². The molecular formula is C17H23Cl2N3O. The Labute approximate surface area is 149 Å². The van der Waals surface area contributed by atoms with E-state index >= 15 is 0 Å². The molecule has 1 saturated heterocycles. The van der Waals surface area contributed by atoms with Crippen LogP contribution in [-0.4, -0.2) is 35.4 Å². The van der Waals surface area contributed by atoms with Crippen LogP contribution in [-0.2, 0) is 0 Å². The van der Waals surface area contributed by atoms with Gasteiger partial charge in [0.2, 0.25) is 0 Å². The van der Waals surface area contributed by atoms with Gasteiger partial charge in [-0.2, -0.15) is 0 Å². The highest BCUT2D eigenvalue weighted by molar-refractivity contribution is 5.98. The number of halogens is 2. The summed E-state index contributed by atoms with van der Waals surface area (Å²) in [7, 11) is 0. The summed E-state index contributed by atoms with van der Waals surface area (Å²) in [6, 6.07) is 9.63. The molecule has 1 aliphatic heterocycles. The zero-order valence-electron chi connectivity index (χ0n) is 13.0. The van der Waals surface area contributed by atoms with Gasteiger partial charge in [-0.3, -0.25) is 9.78 Å². The summed E-state index contributed by atoms with van der Waals surface area (Å²) in [5.74, 6) is 0.678. The third-order valence-electron chi connectivity index (χ3n) is 4.23. The number of carbonyl (C=O) groups excluding carboxylic acids is 1. The molecule has 2 heterocycles. The Hall–Kier alpha value is -1.36. The van der Waals surface area contributed by atoms with Crippen molar-refractivity contribution >= 4 is 41.6 Å². The quantitative estimate of drug-likeness (QED) is 0.918. The number of piperidine rings is 1. The minimum Gasteiger partial charge on any atom is -0.338 e. The van der Waals surface area contributed by atoms with Gasteiger partial charge in [-0.25, -0.2) is 0 Å². The Balaban J connectivity index is 0.00000132. The lowest BCUT2D eigenvalue weighted by molar-refractivity contribution is 0.0669. The molecule has 0 saturated carbocycles. The second-order valence-electron chi connectivity index (χ2n) is 5.75. The number of likely N-dealkylation sites (tertiary alicyclic amines) is 1. The molecule has 2 aromatic rings. The molecule has 3 rings (SSSR count). The van der Waals surface area contributed by atoms with Crippen molar-refractivity contribution < 1.29 is 4.79 Å². The highest BCUT2D eigenvalue weighted by Crippen LogP contribution is 2.22. The monoisotopic (exact) mass is 355 g/mol. The van der Waals surface area contributed by atoms with Gasteiger partial charge in [0.1, 0.15) is 0 Å². The molecule has 6 heteroatoms. The Morgan fingerprint density at radius 2 is 2.13 bits per heavy atom. The standard InChI is InChI=1S/C17H21N3O.2ClH/c18-8-7-13-3-2-10-20(12-13)17(21)15-5-6-16-14(11-15)4-1-9-19-16;;/h1,4-6,9,11,13H,2-3,7-8,10,12,18H2;2*1H. The van der Waals surface area contributed by atoms with Crippen LogP contribution in [0.1, 0.15) is 29.6 Å². The number of hydrogen-bond acceptors (Lipinski definition) is 3. The number of nitrogens with two attached hydrogens (primary N) is 1. The first-order valence-electron chi connectivity index (χ1n) is 7.62. The van der Waals surface area contributed by atoms with Crippen molar-refractivity contribution in [2.24, 2.45) is 11.7 Å². The van der Waals surface area contributed by atoms with Crippen molar-refractivity contribution in [2.45, 2.75) is 19.3 Å². The molecule has 1 aliphatic rings. The van der Waals surface area contributed by atoms with Crippen LogP contribution in [0.15, 0.2) is 36.5 Å². The minimum atomic E-state index is 0. The lowest BCUT2D eigenvalue weighted by atomic mass is 9.94. The Morgan fingerprint density at radius 3 is 2.91 bits per heavy atom. The predicted octanol–water partition coefficient (Wildman–Crippen LogP) is 3.28. The van der Waals surface area contributed by atoms with E-state index in [1.54, 1.807) is 6.20 Å². The Morgan fingerprint density at radius 1 is 1.30 bits per heavy atom. The summed E-state index contributed by atoms with van der Waals surface area (Å²) < 4.78 is 0. The van der Waals surface area contributed by atoms with E-state index in [1.807, 2.05) is 35.2 Å². The number of pyridine rings is 1. The maximum Gasteiger partial charge on any atom is 0.253 e. The maximum atomic E-state index is 12.7. The molecule has 1 amide bonds. The normalized spacial score (nSPS) is 17.3. The average molecular weight is 356 g/mol. The zero-order chi connectivity index (χ0) is 14.7. The molecule has 4 nitrogen and oxygen atoms in total. The van der Waals surface area contributed by atoms with E-state index in [0.717, 1.165) is 42.4 Å². The van der Waals surface area contributed by atoms with Crippen LogP contribution >= 0.6 is 24.8 Å². The van der Waals surface area contributed by atoms with E-state index in [4.69, 9.17) is 5.73 Å². The van der Waals surface area contributed by atoms with Gasteiger partial charge in [-0.1, -0.05) is 6.07 Å². The fourth-order valence-corrected chi connectivity index (χ4v) is 3.11. The van der Waals surface area contributed by atoms with Gasteiger partial charge in [0.25, 0.3) is 5.91 Å².